The number of nitrogens with one attached hydrogen (secondary N) is 1. The van der Waals surface area contributed by atoms with Crippen molar-refractivity contribution in [3.05, 3.63) is 83.9 Å². The van der Waals surface area contributed by atoms with Gasteiger partial charge in [0.05, 0.1) is 12.7 Å². The summed E-state index contributed by atoms with van der Waals surface area (Å²) in [5.74, 6) is -0.418. The zero-order chi connectivity index (χ0) is 31.3. The van der Waals surface area contributed by atoms with Gasteiger partial charge in [-0.2, -0.15) is 13.2 Å². The summed E-state index contributed by atoms with van der Waals surface area (Å²) in [6, 6.07) is 18.6. The second-order valence-electron chi connectivity index (χ2n) is 11.4. The van der Waals surface area contributed by atoms with E-state index in [0.717, 1.165) is 56.6 Å². The third kappa shape index (κ3) is 7.23. The van der Waals surface area contributed by atoms with Gasteiger partial charge in [0.25, 0.3) is 5.91 Å². The topological polar surface area (TPSA) is 79.0 Å². The molecule has 1 N–H and O–H groups in total. The lowest BCUT2D eigenvalue weighted by atomic mass is 9.91. The Bertz CT molecular complexity index is 1470. The molecule has 2 amide bonds. The molecule has 0 unspecified atom stereocenters. The number of esters is 1. The molecule has 5 rings (SSSR count). The van der Waals surface area contributed by atoms with E-state index < -0.39 is 17.8 Å². The fraction of sp³-hybridized carbons (Fsp3) is 0.382. The quantitative estimate of drug-likeness (QED) is 0.300. The Hall–Kier alpha value is -4.34. The normalized spacial score (nSPS) is 17.7. The molecule has 2 aliphatic heterocycles. The molecule has 2 saturated heterocycles. The summed E-state index contributed by atoms with van der Waals surface area (Å²) in [6.45, 7) is 2.19. The van der Waals surface area contributed by atoms with Crippen LogP contribution in [0.5, 0.6) is 0 Å². The second-order valence-corrected chi connectivity index (χ2v) is 11.4. The maximum Gasteiger partial charge on any atom is 0.416 e. The summed E-state index contributed by atoms with van der Waals surface area (Å²) in [4.78, 5) is 42.4. The summed E-state index contributed by atoms with van der Waals surface area (Å²) in [5.41, 5.74) is 2.28. The number of hydrogen-bond donors (Lipinski definition) is 1. The van der Waals surface area contributed by atoms with Crippen molar-refractivity contribution in [2.45, 2.75) is 50.7 Å². The van der Waals surface area contributed by atoms with Gasteiger partial charge in [0.1, 0.15) is 6.04 Å². The molecule has 10 heteroatoms. The number of carbonyl (C=O) groups is 3. The zero-order valence-electron chi connectivity index (χ0n) is 24.6. The smallest absolute Gasteiger partial charge is 0.416 e. The molecule has 0 aromatic heterocycles. The number of amides is 2. The highest BCUT2D eigenvalue weighted by Gasteiger charge is 2.34. The molecule has 0 bridgehead atoms. The molecule has 2 fully saturated rings. The predicted octanol–water partition coefficient (Wildman–Crippen LogP) is 6.79. The van der Waals surface area contributed by atoms with E-state index in [1.165, 1.54) is 19.2 Å². The number of carbonyl (C=O) groups excluding carboxylic acids is 3. The summed E-state index contributed by atoms with van der Waals surface area (Å²) in [7, 11) is 1.36. The molecule has 232 valence electrons. The van der Waals surface area contributed by atoms with Gasteiger partial charge in [-0.1, -0.05) is 30.3 Å². The SMILES string of the molecule is COC(=O)[C@H]1CCCCN1C(=O)CC1CCN(c2ccc(NC(=O)c3ccccc3-c3ccc(C(F)(F)F)cc3)cc2)CC1. The zero-order valence-corrected chi connectivity index (χ0v) is 24.6. The van der Waals surface area contributed by atoms with E-state index in [1.807, 2.05) is 24.3 Å². The van der Waals surface area contributed by atoms with Gasteiger partial charge in [-0.15, -0.1) is 0 Å². The van der Waals surface area contributed by atoms with E-state index in [2.05, 4.69) is 10.2 Å². The lowest BCUT2D eigenvalue weighted by Gasteiger charge is -2.37. The largest absolute Gasteiger partial charge is 0.467 e. The van der Waals surface area contributed by atoms with Crippen LogP contribution in [0.2, 0.25) is 0 Å². The van der Waals surface area contributed by atoms with Crippen molar-refractivity contribution in [3.8, 4) is 11.1 Å². The first kappa shape index (κ1) is 31.1. The lowest BCUT2D eigenvalue weighted by molar-refractivity contribution is -0.155. The third-order valence-electron chi connectivity index (χ3n) is 8.56. The van der Waals surface area contributed by atoms with Crippen LogP contribution in [0.4, 0.5) is 24.5 Å². The van der Waals surface area contributed by atoms with Gasteiger partial charge in [0, 0.05) is 43.0 Å². The molecule has 2 heterocycles. The summed E-state index contributed by atoms with van der Waals surface area (Å²) in [6.07, 6.45) is 0.198. The van der Waals surface area contributed by atoms with Crippen LogP contribution in [0.1, 0.15) is 54.4 Å². The van der Waals surface area contributed by atoms with E-state index in [0.29, 0.717) is 41.8 Å². The number of piperidine rings is 2. The molecular formula is C34H36F3N3O4. The number of alkyl halides is 3. The molecule has 3 aromatic carbocycles. The number of anilines is 2. The van der Waals surface area contributed by atoms with E-state index >= 15 is 0 Å². The fourth-order valence-corrected chi connectivity index (χ4v) is 6.10. The van der Waals surface area contributed by atoms with Crippen LogP contribution in [0, 0.1) is 5.92 Å². The van der Waals surface area contributed by atoms with Crippen LogP contribution in [-0.2, 0) is 20.5 Å². The van der Waals surface area contributed by atoms with Crippen molar-refractivity contribution >= 4 is 29.2 Å². The van der Waals surface area contributed by atoms with E-state index in [4.69, 9.17) is 4.74 Å². The molecule has 0 saturated carbocycles. The first-order valence-electron chi connectivity index (χ1n) is 14.9. The molecule has 7 nitrogen and oxygen atoms in total. The Balaban J connectivity index is 1.16. The van der Waals surface area contributed by atoms with Crippen molar-refractivity contribution in [1.29, 1.82) is 0 Å². The first-order valence-corrected chi connectivity index (χ1v) is 14.9. The van der Waals surface area contributed by atoms with Crippen LogP contribution in [0.15, 0.2) is 72.8 Å². The average Bonchev–Trinajstić information content (AvgIpc) is 3.04. The maximum absolute atomic E-state index is 13.2. The Morgan fingerprint density at radius 3 is 2.20 bits per heavy atom. The Kier molecular flexibility index (Phi) is 9.56. The Labute approximate surface area is 255 Å². The highest BCUT2D eigenvalue weighted by molar-refractivity contribution is 6.08. The molecule has 0 radical (unpaired) electrons. The molecular weight excluding hydrogens is 571 g/mol. The van der Waals surface area contributed by atoms with Crippen LogP contribution in [-0.4, -0.2) is 55.5 Å². The van der Waals surface area contributed by atoms with Crippen molar-refractivity contribution in [1.82, 2.24) is 4.90 Å². The van der Waals surface area contributed by atoms with E-state index in [9.17, 15) is 27.6 Å². The lowest BCUT2D eigenvalue weighted by Crippen LogP contribution is -2.49. The third-order valence-corrected chi connectivity index (χ3v) is 8.56. The predicted molar refractivity (Wildman–Crippen MR) is 162 cm³/mol. The van der Waals surface area contributed by atoms with Gasteiger partial charge < -0.3 is 19.9 Å². The van der Waals surface area contributed by atoms with Gasteiger partial charge >= 0.3 is 12.1 Å². The minimum Gasteiger partial charge on any atom is -0.467 e. The van der Waals surface area contributed by atoms with Gasteiger partial charge in [-0.3, -0.25) is 9.59 Å². The fourth-order valence-electron chi connectivity index (χ4n) is 6.10. The Morgan fingerprint density at radius 2 is 1.55 bits per heavy atom. The van der Waals surface area contributed by atoms with Crippen molar-refractivity contribution in [2.24, 2.45) is 5.92 Å². The van der Waals surface area contributed by atoms with Crippen molar-refractivity contribution in [2.75, 3.05) is 37.0 Å². The van der Waals surface area contributed by atoms with Crippen LogP contribution < -0.4 is 10.2 Å². The number of benzene rings is 3. The monoisotopic (exact) mass is 607 g/mol. The van der Waals surface area contributed by atoms with Gasteiger partial charge in [-0.05, 0) is 91.6 Å². The summed E-state index contributed by atoms with van der Waals surface area (Å²) >= 11 is 0. The van der Waals surface area contributed by atoms with Gasteiger partial charge in [0.2, 0.25) is 5.91 Å². The van der Waals surface area contributed by atoms with Crippen LogP contribution in [0.3, 0.4) is 0 Å². The number of hydrogen-bond acceptors (Lipinski definition) is 5. The minimum atomic E-state index is -4.43. The van der Waals surface area contributed by atoms with Gasteiger partial charge in [0.15, 0.2) is 0 Å². The van der Waals surface area contributed by atoms with Crippen molar-refractivity contribution in [3.63, 3.8) is 0 Å². The van der Waals surface area contributed by atoms with Crippen molar-refractivity contribution < 1.29 is 32.3 Å². The van der Waals surface area contributed by atoms with Gasteiger partial charge in [-0.25, -0.2) is 4.79 Å². The molecule has 44 heavy (non-hydrogen) atoms. The molecule has 0 spiro atoms. The van der Waals surface area contributed by atoms with E-state index in [1.54, 1.807) is 29.2 Å². The van der Waals surface area contributed by atoms with Crippen LogP contribution >= 0.6 is 0 Å². The number of rotatable bonds is 7. The average molecular weight is 608 g/mol. The first-order chi connectivity index (χ1) is 21.1. The highest BCUT2D eigenvalue weighted by atomic mass is 19.4. The molecule has 0 aliphatic carbocycles. The second kappa shape index (κ2) is 13.5. The molecule has 1 atom stereocenters. The maximum atomic E-state index is 13.2. The standard InChI is InChI=1S/C34H36F3N3O4/c1-44-33(43)30-8-4-5-19-40(30)31(41)22-23-17-20-39(21-18-23)27-15-13-26(14-16-27)38-32(42)29-7-3-2-6-28(29)24-9-11-25(12-10-24)34(35,36)37/h2-3,6-7,9-16,23,30H,4-5,8,17-22H2,1H3,(H,38,42)/t30-/m1/s1. The number of likely N-dealkylation sites (tertiary alicyclic amines) is 1. The minimum absolute atomic E-state index is 0.0264. The van der Waals surface area contributed by atoms with Crippen LogP contribution in [0.25, 0.3) is 11.1 Å². The number of methoxy groups -OCH3 is 1. The number of halogens is 3. The number of nitrogens with zero attached hydrogens (tertiary/aromatic N) is 2. The number of ether oxygens (including phenoxy) is 1. The summed E-state index contributed by atoms with van der Waals surface area (Å²) < 4.78 is 43.9. The molecule has 2 aliphatic rings. The highest BCUT2D eigenvalue weighted by Crippen LogP contribution is 2.33. The Morgan fingerprint density at radius 1 is 0.864 bits per heavy atom. The summed E-state index contributed by atoms with van der Waals surface area (Å²) in [5, 5.41) is 2.90. The molecule has 3 aromatic rings. The van der Waals surface area contributed by atoms with E-state index in [-0.39, 0.29) is 23.7 Å².